The molecule has 8 heteroatoms. The predicted octanol–water partition coefficient (Wildman–Crippen LogP) is 2.76. The zero-order valence-corrected chi connectivity index (χ0v) is 17.9. The maximum atomic E-state index is 13.3. The highest BCUT2D eigenvalue weighted by atomic mass is 32.2. The first-order chi connectivity index (χ1) is 13.1. The van der Waals surface area contributed by atoms with Crippen LogP contribution in [0.2, 0.25) is 0 Å². The van der Waals surface area contributed by atoms with Gasteiger partial charge in [-0.3, -0.25) is 9.36 Å². The van der Waals surface area contributed by atoms with Crippen LogP contribution in [-0.2, 0) is 16.6 Å². The van der Waals surface area contributed by atoms with Crippen molar-refractivity contribution in [2.75, 3.05) is 20.1 Å². The molecule has 1 aromatic heterocycles. The van der Waals surface area contributed by atoms with Crippen molar-refractivity contribution in [2.45, 2.75) is 39.1 Å². The van der Waals surface area contributed by atoms with Crippen LogP contribution < -0.4 is 0 Å². The van der Waals surface area contributed by atoms with Crippen LogP contribution in [-0.4, -0.2) is 53.2 Å². The van der Waals surface area contributed by atoms with Crippen molar-refractivity contribution >= 4 is 15.9 Å². The largest absolute Gasteiger partial charge is 0.340 e. The van der Waals surface area contributed by atoms with E-state index < -0.39 is 10.0 Å². The van der Waals surface area contributed by atoms with E-state index in [4.69, 9.17) is 0 Å². The highest BCUT2D eigenvalue weighted by Gasteiger charge is 2.35. The lowest BCUT2D eigenvalue weighted by Gasteiger charge is -2.23. The van der Waals surface area contributed by atoms with Gasteiger partial charge in [-0.15, -0.1) is 0 Å². The van der Waals surface area contributed by atoms with Gasteiger partial charge in [0.05, 0.1) is 17.9 Å². The van der Waals surface area contributed by atoms with Crippen LogP contribution in [0.4, 0.5) is 0 Å². The normalized spacial score (nSPS) is 16.0. The van der Waals surface area contributed by atoms with E-state index in [2.05, 4.69) is 4.98 Å². The van der Waals surface area contributed by atoms with Crippen LogP contribution in [0, 0.1) is 11.8 Å². The Morgan fingerprint density at radius 2 is 1.86 bits per heavy atom. The van der Waals surface area contributed by atoms with E-state index in [1.54, 1.807) is 47.1 Å². The minimum Gasteiger partial charge on any atom is -0.340 e. The lowest BCUT2D eigenvalue weighted by Crippen LogP contribution is -2.35. The summed E-state index contributed by atoms with van der Waals surface area (Å²) in [6, 6.07) is 6.87. The fourth-order valence-electron chi connectivity index (χ4n) is 3.56. The van der Waals surface area contributed by atoms with Gasteiger partial charge in [0.1, 0.15) is 11.2 Å². The summed E-state index contributed by atoms with van der Waals surface area (Å²) >= 11 is 0. The molecule has 0 bridgehead atoms. The van der Waals surface area contributed by atoms with E-state index >= 15 is 0 Å². The van der Waals surface area contributed by atoms with Gasteiger partial charge in [-0.05, 0) is 24.0 Å². The first-order valence-electron chi connectivity index (χ1n) is 9.54. The summed E-state index contributed by atoms with van der Waals surface area (Å²) in [7, 11) is -1.92. The molecule has 1 amide bonds. The number of para-hydroxylation sites is 1. The summed E-state index contributed by atoms with van der Waals surface area (Å²) < 4.78 is 29.8. The number of rotatable bonds is 5. The Labute approximate surface area is 167 Å². The maximum absolute atomic E-state index is 13.3. The molecule has 0 fully saturated rings. The van der Waals surface area contributed by atoms with Crippen LogP contribution >= 0.6 is 0 Å². The van der Waals surface area contributed by atoms with Crippen molar-refractivity contribution in [1.82, 2.24) is 18.8 Å². The Balaban J connectivity index is 2.15. The third-order valence-corrected chi connectivity index (χ3v) is 6.55. The minimum atomic E-state index is -3.67. The highest BCUT2D eigenvalue weighted by Crippen LogP contribution is 2.32. The molecule has 1 aliphatic rings. The number of hydrogen-bond acceptors (Lipinski definition) is 4. The third-order valence-electron chi connectivity index (χ3n) is 4.69. The molecule has 0 atom stereocenters. The Morgan fingerprint density at radius 1 is 1.18 bits per heavy atom. The summed E-state index contributed by atoms with van der Waals surface area (Å²) in [5, 5.41) is 0. The van der Waals surface area contributed by atoms with Crippen LogP contribution in [0.5, 0.6) is 0 Å². The molecule has 0 radical (unpaired) electrons. The smallest absolute Gasteiger partial charge is 0.274 e. The van der Waals surface area contributed by atoms with Crippen LogP contribution in [0.1, 0.15) is 43.9 Å². The lowest BCUT2D eigenvalue weighted by atomic mass is 10.2. The minimum absolute atomic E-state index is 0.117. The monoisotopic (exact) mass is 404 g/mol. The molecule has 1 aromatic carbocycles. The van der Waals surface area contributed by atoms with Crippen LogP contribution in [0.25, 0.3) is 5.69 Å². The number of carbonyl (C=O) groups excluding carboxylic acids is 1. The first-order valence-corrected chi connectivity index (χ1v) is 11.0. The van der Waals surface area contributed by atoms with E-state index in [0.717, 1.165) is 0 Å². The number of sulfonamides is 1. The van der Waals surface area contributed by atoms with Gasteiger partial charge in [0.15, 0.2) is 5.69 Å². The molecule has 0 saturated heterocycles. The van der Waals surface area contributed by atoms with Gasteiger partial charge in [0, 0.05) is 20.1 Å². The van der Waals surface area contributed by atoms with E-state index in [0.29, 0.717) is 36.1 Å². The van der Waals surface area contributed by atoms with Crippen molar-refractivity contribution in [1.29, 1.82) is 0 Å². The number of fused-ring (bicyclic) bond motifs is 3. The molecule has 28 heavy (non-hydrogen) atoms. The van der Waals surface area contributed by atoms with E-state index in [1.165, 1.54) is 4.31 Å². The molecule has 152 valence electrons. The van der Waals surface area contributed by atoms with Gasteiger partial charge >= 0.3 is 0 Å². The van der Waals surface area contributed by atoms with E-state index in [1.807, 2.05) is 27.7 Å². The fraction of sp³-hybridized carbons (Fsp3) is 0.500. The SMILES string of the molecule is CC(C)CN(C)C(=O)c1ncn2c1CN(CC(C)C)S(=O)(=O)c1ccccc1-2. The Kier molecular flexibility index (Phi) is 5.63. The summed E-state index contributed by atoms with van der Waals surface area (Å²) in [4.78, 5) is 19.3. The van der Waals surface area contributed by atoms with Gasteiger partial charge < -0.3 is 4.90 Å². The van der Waals surface area contributed by atoms with Gasteiger partial charge in [-0.2, -0.15) is 4.31 Å². The number of benzene rings is 1. The summed E-state index contributed by atoms with van der Waals surface area (Å²) in [5.74, 6) is 0.289. The zero-order valence-electron chi connectivity index (χ0n) is 17.1. The Bertz CT molecular complexity index is 979. The molecule has 1 aliphatic heterocycles. The summed E-state index contributed by atoms with van der Waals surface area (Å²) in [5.41, 5.74) is 1.44. The fourth-order valence-corrected chi connectivity index (χ4v) is 5.30. The van der Waals surface area contributed by atoms with Crippen molar-refractivity contribution in [2.24, 2.45) is 11.8 Å². The number of imidazole rings is 1. The second-order valence-electron chi connectivity index (χ2n) is 8.15. The number of carbonyl (C=O) groups is 1. The van der Waals surface area contributed by atoms with Crippen molar-refractivity contribution in [3.63, 3.8) is 0 Å². The van der Waals surface area contributed by atoms with Gasteiger partial charge in [-0.1, -0.05) is 39.8 Å². The molecule has 7 nitrogen and oxygen atoms in total. The lowest BCUT2D eigenvalue weighted by molar-refractivity contribution is 0.0772. The van der Waals surface area contributed by atoms with Crippen LogP contribution in [0.15, 0.2) is 35.5 Å². The number of nitrogens with zero attached hydrogens (tertiary/aromatic N) is 4. The molecule has 0 aliphatic carbocycles. The van der Waals surface area contributed by atoms with E-state index in [9.17, 15) is 13.2 Å². The number of aromatic nitrogens is 2. The molecular formula is C20H28N4O3S. The van der Waals surface area contributed by atoms with E-state index in [-0.39, 0.29) is 23.3 Å². The van der Waals surface area contributed by atoms with Crippen molar-refractivity contribution in [3.05, 3.63) is 42.0 Å². The maximum Gasteiger partial charge on any atom is 0.274 e. The highest BCUT2D eigenvalue weighted by molar-refractivity contribution is 7.89. The molecule has 0 saturated carbocycles. The quantitative estimate of drug-likeness (QED) is 0.768. The summed E-state index contributed by atoms with van der Waals surface area (Å²) in [6.45, 7) is 9.15. The molecule has 0 N–H and O–H groups in total. The Hall–Kier alpha value is -2.19. The third kappa shape index (κ3) is 3.71. The molecule has 2 aromatic rings. The standard InChI is InChI=1S/C20H28N4O3S/c1-14(2)10-22(5)20(25)19-17-12-23(11-15(3)4)28(26,27)18-9-7-6-8-16(18)24(17)13-21-19/h6-9,13-15H,10-12H2,1-5H3. The summed E-state index contributed by atoms with van der Waals surface area (Å²) in [6.07, 6.45) is 1.55. The second kappa shape index (κ2) is 7.67. The second-order valence-corrected chi connectivity index (χ2v) is 10.1. The van der Waals surface area contributed by atoms with Gasteiger partial charge in [-0.25, -0.2) is 13.4 Å². The molecule has 3 rings (SSSR count). The number of amides is 1. The predicted molar refractivity (Wildman–Crippen MR) is 108 cm³/mol. The van der Waals surface area contributed by atoms with Gasteiger partial charge in [0.25, 0.3) is 5.91 Å². The van der Waals surface area contributed by atoms with Crippen molar-refractivity contribution in [3.8, 4) is 5.69 Å². The molecule has 0 spiro atoms. The Morgan fingerprint density at radius 3 is 2.50 bits per heavy atom. The van der Waals surface area contributed by atoms with Crippen LogP contribution in [0.3, 0.4) is 0 Å². The average molecular weight is 405 g/mol. The van der Waals surface area contributed by atoms with Gasteiger partial charge in [0.2, 0.25) is 10.0 Å². The molecular weight excluding hydrogens is 376 g/mol. The molecule has 0 unspecified atom stereocenters. The zero-order chi connectivity index (χ0) is 20.6. The number of hydrogen-bond donors (Lipinski definition) is 0. The first kappa shape index (κ1) is 20.5. The average Bonchev–Trinajstić information content (AvgIpc) is 2.99. The molecule has 2 heterocycles. The van der Waals surface area contributed by atoms with Crippen molar-refractivity contribution < 1.29 is 13.2 Å². The topological polar surface area (TPSA) is 75.5 Å².